The molecule has 0 N–H and O–H groups in total. The average Bonchev–Trinajstić information content (AvgIpc) is 3.75. The first-order valence-electron chi connectivity index (χ1n) is 28.1. The second-order valence-electron chi connectivity index (χ2n) is 27.6. The van der Waals surface area contributed by atoms with E-state index in [0.717, 1.165) is 12.8 Å². The van der Waals surface area contributed by atoms with Crippen LogP contribution in [0.4, 0.5) is 33.4 Å². The average molecular weight is 985 g/mol. The van der Waals surface area contributed by atoms with Crippen LogP contribution in [0.3, 0.4) is 0 Å². The van der Waals surface area contributed by atoms with E-state index in [0.29, 0.717) is 0 Å². The van der Waals surface area contributed by atoms with Crippen LogP contribution in [0.15, 0.2) is 127 Å². The van der Waals surface area contributed by atoms with Gasteiger partial charge in [-0.2, -0.15) is 0 Å². The van der Waals surface area contributed by atoms with Gasteiger partial charge in [0.05, 0.1) is 5.00 Å². The fourth-order valence-electron chi connectivity index (χ4n) is 15.2. The summed E-state index contributed by atoms with van der Waals surface area (Å²) in [7, 11) is 0. The Hall–Kier alpha value is -5.84. The number of aryl methyl sites for hydroxylation is 1. The highest BCUT2D eigenvalue weighted by molar-refractivity contribution is 7.26. The molecule has 0 saturated carbocycles. The standard InChI is InChI=1S/C70H73BN2S/c1-65(2)29-30-66(3,4)51-37-45(26-28-50(51)65)72-59-35-44(42-19-14-13-15-20-42)36-60-63(59)71(62-49-38-52-55(41-61(49)74-64(62)72)70(11,12)34-31-67(52,5)6)56-39-53-54(69(9,10)33-32-68(53,7)8)40-58(56)73(60)57-24-18-23-47-46-22-17-16-21-43(46)25-27-48(47)57/h13-24,26,28,35-41H,25,27,29-34H2,1-12H3. The van der Waals surface area contributed by atoms with Crippen LogP contribution in [0.2, 0.25) is 0 Å². The second kappa shape index (κ2) is 15.4. The lowest BCUT2D eigenvalue weighted by Gasteiger charge is -2.48. The molecular formula is C70H73BN2S. The van der Waals surface area contributed by atoms with Crippen molar-refractivity contribution in [2.75, 3.05) is 9.80 Å². The molecule has 3 heterocycles. The van der Waals surface area contributed by atoms with E-state index in [9.17, 15) is 0 Å². The topological polar surface area (TPSA) is 6.48 Å². The molecule has 74 heavy (non-hydrogen) atoms. The summed E-state index contributed by atoms with van der Waals surface area (Å²) in [6.07, 6.45) is 9.16. The summed E-state index contributed by atoms with van der Waals surface area (Å²) in [4.78, 5) is 5.55. The Balaban J connectivity index is 1.15. The lowest BCUT2D eigenvalue weighted by Crippen LogP contribution is -2.61. The van der Waals surface area contributed by atoms with Gasteiger partial charge in [-0.05, 0) is 221 Å². The summed E-state index contributed by atoms with van der Waals surface area (Å²) >= 11 is 2.05. The predicted molar refractivity (Wildman–Crippen MR) is 320 cm³/mol. The zero-order valence-corrected chi connectivity index (χ0v) is 47.0. The highest BCUT2D eigenvalue weighted by Crippen LogP contribution is 2.56. The number of nitrogens with zero attached hydrogens (tertiary/aromatic N) is 2. The number of fused-ring (bicyclic) bond motifs is 12. The van der Waals surface area contributed by atoms with Crippen molar-refractivity contribution in [3.8, 4) is 22.3 Å². The number of rotatable bonds is 3. The number of hydrogen-bond donors (Lipinski definition) is 0. The fraction of sp³-hybridized carbons (Fsp3) is 0.371. The molecule has 0 unspecified atom stereocenters. The molecule has 14 rings (SSSR count). The summed E-state index contributed by atoms with van der Waals surface area (Å²) in [5.41, 5.74) is 28.7. The molecule has 0 spiro atoms. The number of hydrogen-bond acceptors (Lipinski definition) is 3. The lowest BCUT2D eigenvalue weighted by atomic mass is 9.33. The third-order valence-electron chi connectivity index (χ3n) is 20.2. The zero-order valence-electron chi connectivity index (χ0n) is 46.2. The van der Waals surface area contributed by atoms with E-state index >= 15 is 0 Å². The van der Waals surface area contributed by atoms with Gasteiger partial charge in [-0.25, -0.2) is 0 Å². The SMILES string of the molecule is CC1(C)CCC(C)(C)c2cc(N3c4cc(-c5ccccc5)cc5c4B(c4cc6c(cc4N5c4cccc5c4CCc4ccccc4-5)C(C)(C)CCC6(C)C)c4c3sc3cc5c(cc43)C(C)(C)CCC5(C)C)ccc21. The number of benzene rings is 7. The largest absolute Gasteiger partial charge is 0.311 e. The minimum absolute atomic E-state index is 0.0215. The second-order valence-corrected chi connectivity index (χ2v) is 28.6. The van der Waals surface area contributed by atoms with Crippen LogP contribution in [-0.4, -0.2) is 6.71 Å². The van der Waals surface area contributed by atoms with E-state index in [1.807, 2.05) is 0 Å². The van der Waals surface area contributed by atoms with Crippen molar-refractivity contribution < 1.29 is 0 Å². The summed E-state index contributed by atoms with van der Waals surface area (Å²) in [5.74, 6) is 0. The van der Waals surface area contributed by atoms with Crippen molar-refractivity contribution in [3.63, 3.8) is 0 Å². The van der Waals surface area contributed by atoms with Gasteiger partial charge in [-0.15, -0.1) is 11.3 Å². The molecule has 2 aliphatic heterocycles. The predicted octanol–water partition coefficient (Wildman–Crippen LogP) is 17.5. The van der Waals surface area contributed by atoms with Gasteiger partial charge in [-0.3, -0.25) is 0 Å². The highest BCUT2D eigenvalue weighted by Gasteiger charge is 2.50. The molecule has 1 aromatic heterocycles. The first kappa shape index (κ1) is 46.7. The van der Waals surface area contributed by atoms with Crippen LogP contribution in [0.25, 0.3) is 32.3 Å². The number of thiophene rings is 1. The molecule has 0 fully saturated rings. The Kier molecular flexibility index (Phi) is 9.72. The van der Waals surface area contributed by atoms with Gasteiger partial charge < -0.3 is 9.80 Å². The van der Waals surface area contributed by atoms with Gasteiger partial charge >= 0.3 is 0 Å². The Morgan fingerprint density at radius 2 is 0.959 bits per heavy atom. The van der Waals surface area contributed by atoms with Crippen LogP contribution >= 0.6 is 11.3 Å². The van der Waals surface area contributed by atoms with Crippen LogP contribution < -0.4 is 26.2 Å². The molecule has 372 valence electrons. The molecule has 0 radical (unpaired) electrons. The summed E-state index contributed by atoms with van der Waals surface area (Å²) < 4.78 is 1.42. The summed E-state index contributed by atoms with van der Waals surface area (Å²) in [6, 6.07) is 51.3. The monoisotopic (exact) mass is 985 g/mol. The molecule has 0 bridgehead atoms. The number of anilines is 6. The third-order valence-corrected chi connectivity index (χ3v) is 21.3. The molecular weight excluding hydrogens is 912 g/mol. The first-order chi connectivity index (χ1) is 35.1. The molecule has 4 heteroatoms. The Labute approximate surface area is 446 Å². The van der Waals surface area contributed by atoms with E-state index in [2.05, 4.69) is 232 Å². The van der Waals surface area contributed by atoms with Crippen molar-refractivity contribution in [3.05, 3.63) is 172 Å². The van der Waals surface area contributed by atoms with Gasteiger partial charge in [0.1, 0.15) is 0 Å². The first-order valence-corrected chi connectivity index (χ1v) is 28.9. The van der Waals surface area contributed by atoms with E-state index in [1.54, 1.807) is 5.56 Å². The van der Waals surface area contributed by atoms with E-state index in [4.69, 9.17) is 0 Å². The molecule has 7 aromatic carbocycles. The molecule has 2 nitrogen and oxygen atoms in total. The highest BCUT2D eigenvalue weighted by atomic mass is 32.1. The van der Waals surface area contributed by atoms with Crippen LogP contribution in [0, 0.1) is 0 Å². The van der Waals surface area contributed by atoms with Crippen molar-refractivity contribution in [1.29, 1.82) is 0 Å². The smallest absolute Gasteiger partial charge is 0.254 e. The van der Waals surface area contributed by atoms with E-state index in [1.165, 1.54) is 160 Å². The van der Waals surface area contributed by atoms with Gasteiger partial charge in [0.2, 0.25) is 0 Å². The Morgan fingerprint density at radius 3 is 1.64 bits per heavy atom. The molecule has 0 saturated heterocycles. The van der Waals surface area contributed by atoms with Gasteiger partial charge in [0.15, 0.2) is 0 Å². The zero-order chi connectivity index (χ0) is 51.2. The van der Waals surface area contributed by atoms with Gasteiger partial charge in [0.25, 0.3) is 6.71 Å². The molecule has 6 aliphatic rings. The minimum atomic E-state index is 0.0215. The maximum absolute atomic E-state index is 2.78. The lowest BCUT2D eigenvalue weighted by molar-refractivity contribution is 0.332. The fourth-order valence-corrected chi connectivity index (χ4v) is 16.5. The molecule has 4 aliphatic carbocycles. The van der Waals surface area contributed by atoms with Crippen LogP contribution in [0.5, 0.6) is 0 Å². The summed E-state index contributed by atoms with van der Waals surface area (Å²) in [5, 5.41) is 2.82. The molecule has 0 amide bonds. The van der Waals surface area contributed by atoms with E-state index < -0.39 is 0 Å². The quantitative estimate of drug-likeness (QED) is 0.163. The van der Waals surface area contributed by atoms with E-state index in [-0.39, 0.29) is 39.2 Å². The van der Waals surface area contributed by atoms with Crippen LogP contribution in [0.1, 0.15) is 166 Å². The maximum atomic E-state index is 2.78. The van der Waals surface area contributed by atoms with Gasteiger partial charge in [0, 0.05) is 33.1 Å². The summed E-state index contributed by atoms with van der Waals surface area (Å²) in [6.45, 7) is 30.0. The van der Waals surface area contributed by atoms with Crippen molar-refractivity contribution in [2.45, 2.75) is 167 Å². The van der Waals surface area contributed by atoms with Crippen molar-refractivity contribution >= 4 is 78.0 Å². The third kappa shape index (κ3) is 6.61. The van der Waals surface area contributed by atoms with Gasteiger partial charge in [-0.1, -0.05) is 162 Å². The van der Waals surface area contributed by atoms with Crippen molar-refractivity contribution in [2.24, 2.45) is 0 Å². The molecule has 0 atom stereocenters. The molecule has 8 aromatic rings. The normalized spacial score (nSPS) is 20.3. The Bertz CT molecular complexity index is 3710. The van der Waals surface area contributed by atoms with Crippen molar-refractivity contribution in [1.82, 2.24) is 0 Å². The Morgan fingerprint density at radius 1 is 0.405 bits per heavy atom. The minimum Gasteiger partial charge on any atom is -0.311 e. The van der Waals surface area contributed by atoms with Crippen LogP contribution in [-0.2, 0) is 45.3 Å². The maximum Gasteiger partial charge on any atom is 0.254 e.